The van der Waals surface area contributed by atoms with Gasteiger partial charge in [-0.1, -0.05) is 30.3 Å². The Labute approximate surface area is 96.9 Å². The van der Waals surface area contributed by atoms with E-state index in [2.05, 4.69) is 7.05 Å². The number of aliphatic hydroxyl groups is 1. The average Bonchev–Trinajstić information content (AvgIpc) is 2.30. The molecule has 2 rings (SSSR count). The lowest BCUT2D eigenvalue weighted by Gasteiger charge is -2.38. The van der Waals surface area contributed by atoms with Crippen molar-refractivity contribution in [2.75, 3.05) is 39.9 Å². The van der Waals surface area contributed by atoms with Crippen LogP contribution in [0.15, 0.2) is 30.3 Å². The van der Waals surface area contributed by atoms with Gasteiger partial charge < -0.3 is 14.3 Å². The molecule has 3 nitrogen and oxygen atoms in total. The quantitative estimate of drug-likeness (QED) is 0.779. The lowest BCUT2D eigenvalue weighted by Crippen LogP contribution is -2.53. The minimum atomic E-state index is -0.371. The summed E-state index contributed by atoms with van der Waals surface area (Å²) in [6.45, 7) is 4.36. The van der Waals surface area contributed by atoms with E-state index in [-0.39, 0.29) is 6.10 Å². The monoisotopic (exact) mass is 222 g/mol. The van der Waals surface area contributed by atoms with E-state index >= 15 is 0 Å². The molecule has 1 atom stereocenters. The van der Waals surface area contributed by atoms with Crippen molar-refractivity contribution >= 4 is 0 Å². The highest BCUT2D eigenvalue weighted by molar-refractivity contribution is 5.17. The molecule has 1 aliphatic rings. The first-order valence-electron chi connectivity index (χ1n) is 5.84. The van der Waals surface area contributed by atoms with Crippen molar-refractivity contribution in [3.8, 4) is 0 Å². The maximum Gasteiger partial charge on any atom is 0.128 e. The lowest BCUT2D eigenvalue weighted by atomic mass is 10.1. The van der Waals surface area contributed by atoms with Gasteiger partial charge in [0.25, 0.3) is 0 Å². The number of benzene rings is 1. The summed E-state index contributed by atoms with van der Waals surface area (Å²) in [6, 6.07) is 9.88. The van der Waals surface area contributed by atoms with Crippen molar-refractivity contribution in [3.05, 3.63) is 35.9 Å². The van der Waals surface area contributed by atoms with Gasteiger partial charge in [-0.2, -0.15) is 0 Å². The first-order chi connectivity index (χ1) is 7.70. The van der Waals surface area contributed by atoms with Crippen LogP contribution >= 0.6 is 0 Å². The number of hydrogen-bond acceptors (Lipinski definition) is 2. The molecule has 0 aliphatic carbocycles. The minimum Gasteiger partial charge on any atom is -0.382 e. The summed E-state index contributed by atoms with van der Waals surface area (Å²) in [5, 5.41) is 10.2. The molecule has 0 spiro atoms. The van der Waals surface area contributed by atoms with Crippen molar-refractivity contribution in [2.45, 2.75) is 6.10 Å². The molecule has 1 N–H and O–H groups in total. The summed E-state index contributed by atoms with van der Waals surface area (Å²) in [6.07, 6.45) is -0.371. The van der Waals surface area contributed by atoms with Crippen LogP contribution in [0.5, 0.6) is 0 Å². The summed E-state index contributed by atoms with van der Waals surface area (Å²) in [5.41, 5.74) is 1.01. The van der Waals surface area contributed by atoms with Gasteiger partial charge in [0, 0.05) is 0 Å². The number of morpholine rings is 1. The third kappa shape index (κ3) is 2.82. The van der Waals surface area contributed by atoms with Crippen molar-refractivity contribution in [1.82, 2.24) is 0 Å². The summed E-state index contributed by atoms with van der Waals surface area (Å²) in [4.78, 5) is 0. The first kappa shape index (κ1) is 11.6. The van der Waals surface area contributed by atoms with Crippen LogP contribution in [0.25, 0.3) is 0 Å². The van der Waals surface area contributed by atoms with E-state index in [1.807, 2.05) is 30.3 Å². The van der Waals surface area contributed by atoms with Gasteiger partial charge in [0.15, 0.2) is 0 Å². The van der Waals surface area contributed by atoms with E-state index in [1.54, 1.807) is 0 Å². The molecular weight excluding hydrogens is 202 g/mol. The van der Waals surface area contributed by atoms with Crippen molar-refractivity contribution < 1.29 is 14.3 Å². The summed E-state index contributed by atoms with van der Waals surface area (Å²) in [7, 11) is 2.19. The van der Waals surface area contributed by atoms with Gasteiger partial charge in [0.2, 0.25) is 0 Å². The molecule has 0 bridgehead atoms. The molecule has 3 heteroatoms. The molecule has 1 fully saturated rings. The number of rotatable bonds is 3. The van der Waals surface area contributed by atoms with Crippen molar-refractivity contribution in [2.24, 2.45) is 0 Å². The Morgan fingerprint density at radius 3 is 2.50 bits per heavy atom. The normalized spacial score (nSPS) is 21.6. The molecule has 1 saturated heterocycles. The number of aliphatic hydroxyl groups excluding tert-OH is 1. The second-order valence-electron chi connectivity index (χ2n) is 4.79. The highest BCUT2D eigenvalue weighted by Crippen LogP contribution is 2.18. The third-order valence-corrected chi connectivity index (χ3v) is 3.35. The maximum atomic E-state index is 10.2. The minimum absolute atomic E-state index is 0.371. The molecule has 0 unspecified atom stereocenters. The molecular formula is C13H20NO2+. The third-order valence-electron chi connectivity index (χ3n) is 3.35. The fourth-order valence-electron chi connectivity index (χ4n) is 2.16. The zero-order valence-corrected chi connectivity index (χ0v) is 9.80. The fraction of sp³-hybridized carbons (Fsp3) is 0.538. The summed E-state index contributed by atoms with van der Waals surface area (Å²) >= 11 is 0. The van der Waals surface area contributed by atoms with E-state index < -0.39 is 0 Å². The van der Waals surface area contributed by atoms with Crippen LogP contribution in [0, 0.1) is 0 Å². The Bertz CT molecular complexity index is 320. The summed E-state index contributed by atoms with van der Waals surface area (Å²) in [5.74, 6) is 0. The second-order valence-corrected chi connectivity index (χ2v) is 4.79. The Hall–Kier alpha value is -0.900. The zero-order valence-electron chi connectivity index (χ0n) is 9.80. The van der Waals surface area contributed by atoms with E-state index in [9.17, 15) is 5.11 Å². The van der Waals surface area contributed by atoms with Gasteiger partial charge >= 0.3 is 0 Å². The first-order valence-corrected chi connectivity index (χ1v) is 5.84. The van der Waals surface area contributed by atoms with Crippen LogP contribution in [0.2, 0.25) is 0 Å². The molecule has 0 aromatic heterocycles. The lowest BCUT2D eigenvalue weighted by molar-refractivity contribution is -0.920. The predicted octanol–water partition coefficient (Wildman–Crippen LogP) is 1.20. The summed E-state index contributed by atoms with van der Waals surface area (Å²) < 4.78 is 6.25. The Morgan fingerprint density at radius 2 is 1.88 bits per heavy atom. The van der Waals surface area contributed by atoms with Gasteiger partial charge in [-0.25, -0.2) is 0 Å². The van der Waals surface area contributed by atoms with Gasteiger partial charge in [-0.3, -0.25) is 0 Å². The van der Waals surface area contributed by atoms with Crippen LogP contribution in [0.1, 0.15) is 11.7 Å². The number of quaternary nitrogens is 1. The van der Waals surface area contributed by atoms with Gasteiger partial charge in [0.05, 0.1) is 20.3 Å². The van der Waals surface area contributed by atoms with Crippen LogP contribution < -0.4 is 0 Å². The van der Waals surface area contributed by atoms with Gasteiger partial charge in [-0.15, -0.1) is 0 Å². The van der Waals surface area contributed by atoms with E-state index in [1.165, 1.54) is 0 Å². The molecule has 0 radical (unpaired) electrons. The van der Waals surface area contributed by atoms with Gasteiger partial charge in [0.1, 0.15) is 25.7 Å². The van der Waals surface area contributed by atoms with Crippen molar-refractivity contribution in [3.63, 3.8) is 0 Å². The number of hydrogen-bond donors (Lipinski definition) is 1. The highest BCUT2D eigenvalue weighted by Gasteiger charge is 2.28. The maximum absolute atomic E-state index is 10.2. The standard InChI is InChI=1S/C13H20NO2/c1-14(7-9-16-10-8-14)11-13(15)12-5-3-2-4-6-12/h2-6,13,15H,7-11H2,1H3/q+1/t13-/m0/s1. The Kier molecular flexibility index (Phi) is 3.59. The van der Waals surface area contributed by atoms with E-state index in [4.69, 9.17) is 4.74 Å². The highest BCUT2D eigenvalue weighted by atomic mass is 16.5. The number of likely N-dealkylation sites (N-methyl/N-ethyl adjacent to an activating group) is 1. The number of ether oxygens (including phenoxy) is 1. The average molecular weight is 222 g/mol. The predicted molar refractivity (Wildman–Crippen MR) is 63.0 cm³/mol. The molecule has 0 amide bonds. The van der Waals surface area contributed by atoms with Crippen LogP contribution in [0.3, 0.4) is 0 Å². The smallest absolute Gasteiger partial charge is 0.128 e. The molecule has 1 aromatic carbocycles. The van der Waals surface area contributed by atoms with Crippen molar-refractivity contribution in [1.29, 1.82) is 0 Å². The van der Waals surface area contributed by atoms with Gasteiger partial charge in [-0.05, 0) is 5.56 Å². The molecule has 1 aliphatic heterocycles. The van der Waals surface area contributed by atoms with E-state index in [0.29, 0.717) is 0 Å². The molecule has 88 valence electrons. The zero-order chi connectivity index (χ0) is 11.4. The van der Waals surface area contributed by atoms with Crippen LogP contribution in [0.4, 0.5) is 0 Å². The van der Waals surface area contributed by atoms with Crippen LogP contribution in [-0.4, -0.2) is 49.5 Å². The second kappa shape index (κ2) is 4.95. The molecule has 16 heavy (non-hydrogen) atoms. The largest absolute Gasteiger partial charge is 0.382 e. The number of nitrogens with zero attached hydrogens (tertiary/aromatic N) is 1. The van der Waals surface area contributed by atoms with Crippen LogP contribution in [-0.2, 0) is 4.74 Å². The molecule has 1 aromatic rings. The molecule has 1 heterocycles. The molecule has 0 saturated carbocycles. The Morgan fingerprint density at radius 1 is 1.25 bits per heavy atom. The van der Waals surface area contributed by atoms with E-state index in [0.717, 1.165) is 42.9 Å². The topological polar surface area (TPSA) is 29.5 Å². The SMILES string of the molecule is C[N+]1(C[C@H](O)c2ccccc2)CCOCC1. The fourth-order valence-corrected chi connectivity index (χ4v) is 2.16. The Balaban J connectivity index is 1.98.